The number of benzene rings is 1. The van der Waals surface area contributed by atoms with Gasteiger partial charge < -0.3 is 10.2 Å². The Hall–Kier alpha value is -1.61. The first-order valence-corrected chi connectivity index (χ1v) is 6.99. The molecule has 0 bridgehead atoms. The van der Waals surface area contributed by atoms with Crippen LogP contribution in [0.25, 0.3) is 0 Å². The Labute approximate surface area is 114 Å². The van der Waals surface area contributed by atoms with Gasteiger partial charge in [-0.15, -0.1) is 0 Å². The fourth-order valence-corrected chi connectivity index (χ4v) is 2.85. The molecule has 1 aromatic carbocycles. The number of nitrogens with one attached hydrogen (secondary N) is 1. The Morgan fingerprint density at radius 1 is 1.26 bits per heavy atom. The number of hydrogen-bond donors (Lipinski definition) is 1. The largest absolute Gasteiger partial charge is 0.338 e. The molecule has 0 aromatic heterocycles. The molecule has 100 valence electrons. The number of carbonyl (C=O) groups excluding carboxylic acids is 1. The molecular formula is C16H20N2O. The smallest absolute Gasteiger partial charge is 0.249 e. The lowest BCUT2D eigenvalue weighted by atomic mass is 9.99. The van der Waals surface area contributed by atoms with Crippen molar-refractivity contribution in [2.24, 2.45) is 0 Å². The Kier molecular flexibility index (Phi) is 3.38. The van der Waals surface area contributed by atoms with Gasteiger partial charge in [-0.1, -0.05) is 30.3 Å². The van der Waals surface area contributed by atoms with Crippen molar-refractivity contribution in [3.63, 3.8) is 0 Å². The molecule has 1 atom stereocenters. The van der Waals surface area contributed by atoms with E-state index in [0.717, 1.165) is 38.2 Å². The van der Waals surface area contributed by atoms with Crippen molar-refractivity contribution in [1.82, 2.24) is 10.2 Å². The Morgan fingerprint density at radius 3 is 2.63 bits per heavy atom. The predicted molar refractivity (Wildman–Crippen MR) is 75.9 cm³/mol. The molecule has 2 aliphatic heterocycles. The molecule has 3 rings (SSSR count). The zero-order valence-corrected chi connectivity index (χ0v) is 11.4. The van der Waals surface area contributed by atoms with Gasteiger partial charge in [-0.25, -0.2) is 0 Å². The summed E-state index contributed by atoms with van der Waals surface area (Å²) in [7, 11) is 0. The highest BCUT2D eigenvalue weighted by atomic mass is 16.2. The van der Waals surface area contributed by atoms with Crippen LogP contribution in [0.3, 0.4) is 0 Å². The minimum absolute atomic E-state index is 0.231. The quantitative estimate of drug-likeness (QED) is 0.820. The maximum Gasteiger partial charge on any atom is 0.249 e. The highest BCUT2D eigenvalue weighted by molar-refractivity contribution is 5.94. The van der Waals surface area contributed by atoms with E-state index in [1.807, 2.05) is 17.9 Å². The molecule has 0 radical (unpaired) electrons. The van der Waals surface area contributed by atoms with Gasteiger partial charge in [0.2, 0.25) is 5.91 Å². The van der Waals surface area contributed by atoms with Crippen LogP contribution < -0.4 is 5.32 Å². The van der Waals surface area contributed by atoms with Crippen LogP contribution in [0.15, 0.2) is 41.5 Å². The van der Waals surface area contributed by atoms with Crippen molar-refractivity contribution in [1.29, 1.82) is 0 Å². The zero-order valence-electron chi connectivity index (χ0n) is 11.4. The number of rotatable bonds is 2. The first-order chi connectivity index (χ1) is 9.25. The summed E-state index contributed by atoms with van der Waals surface area (Å²) < 4.78 is 0. The number of hydrogen-bond acceptors (Lipinski definition) is 2. The SMILES string of the molecule is CC(C(=O)N1CCC(c2ccccc2)C1)=C1CNC1. The van der Waals surface area contributed by atoms with E-state index in [9.17, 15) is 4.79 Å². The molecule has 0 saturated carbocycles. The molecule has 1 amide bonds. The van der Waals surface area contributed by atoms with Gasteiger partial charge in [-0.3, -0.25) is 4.79 Å². The molecule has 2 heterocycles. The van der Waals surface area contributed by atoms with E-state index in [1.165, 1.54) is 11.1 Å². The molecule has 3 nitrogen and oxygen atoms in total. The van der Waals surface area contributed by atoms with Crippen molar-refractivity contribution in [2.75, 3.05) is 26.2 Å². The highest BCUT2D eigenvalue weighted by Crippen LogP contribution is 2.28. The maximum absolute atomic E-state index is 12.4. The molecule has 2 fully saturated rings. The number of carbonyl (C=O) groups is 1. The lowest BCUT2D eigenvalue weighted by Crippen LogP contribution is -2.38. The Bertz CT molecular complexity index is 501. The zero-order chi connectivity index (χ0) is 13.2. The van der Waals surface area contributed by atoms with Crippen LogP contribution in [0.1, 0.15) is 24.8 Å². The lowest BCUT2D eigenvalue weighted by molar-refractivity contribution is -0.126. The summed E-state index contributed by atoms with van der Waals surface area (Å²) in [6.45, 7) is 5.48. The molecule has 2 saturated heterocycles. The minimum Gasteiger partial charge on any atom is -0.338 e. The third kappa shape index (κ3) is 2.43. The third-order valence-electron chi connectivity index (χ3n) is 4.27. The first-order valence-electron chi connectivity index (χ1n) is 6.99. The molecule has 1 N–H and O–H groups in total. The van der Waals surface area contributed by atoms with Gasteiger partial charge >= 0.3 is 0 Å². The van der Waals surface area contributed by atoms with E-state index >= 15 is 0 Å². The molecular weight excluding hydrogens is 236 g/mol. The van der Waals surface area contributed by atoms with Crippen molar-refractivity contribution in [2.45, 2.75) is 19.3 Å². The maximum atomic E-state index is 12.4. The second-order valence-corrected chi connectivity index (χ2v) is 5.48. The summed E-state index contributed by atoms with van der Waals surface area (Å²) in [6.07, 6.45) is 1.08. The molecule has 19 heavy (non-hydrogen) atoms. The van der Waals surface area contributed by atoms with Gasteiger partial charge in [0.25, 0.3) is 0 Å². The predicted octanol–water partition coefficient (Wildman–Crippen LogP) is 1.92. The topological polar surface area (TPSA) is 32.3 Å². The minimum atomic E-state index is 0.231. The van der Waals surface area contributed by atoms with E-state index in [0.29, 0.717) is 5.92 Å². The van der Waals surface area contributed by atoms with Crippen molar-refractivity contribution < 1.29 is 4.79 Å². The fraction of sp³-hybridized carbons (Fsp3) is 0.438. The summed E-state index contributed by atoms with van der Waals surface area (Å²) in [4.78, 5) is 14.4. The molecule has 1 aromatic rings. The van der Waals surface area contributed by atoms with Crippen LogP contribution in [-0.4, -0.2) is 37.0 Å². The summed E-state index contributed by atoms with van der Waals surface area (Å²) in [5.41, 5.74) is 3.58. The average Bonchev–Trinajstić information content (AvgIpc) is 2.86. The van der Waals surface area contributed by atoms with E-state index in [-0.39, 0.29) is 5.91 Å². The number of amides is 1. The monoisotopic (exact) mass is 256 g/mol. The van der Waals surface area contributed by atoms with E-state index in [4.69, 9.17) is 0 Å². The normalized spacial score (nSPS) is 22.3. The van der Waals surface area contributed by atoms with Gasteiger partial charge in [0, 0.05) is 37.7 Å². The third-order valence-corrected chi connectivity index (χ3v) is 4.27. The van der Waals surface area contributed by atoms with E-state index < -0.39 is 0 Å². The molecule has 0 aliphatic carbocycles. The van der Waals surface area contributed by atoms with Gasteiger partial charge in [0.15, 0.2) is 0 Å². The Morgan fingerprint density at radius 2 is 2.00 bits per heavy atom. The van der Waals surface area contributed by atoms with E-state index in [1.54, 1.807) is 0 Å². The van der Waals surface area contributed by atoms with Crippen LogP contribution in [0, 0.1) is 0 Å². The van der Waals surface area contributed by atoms with Crippen LogP contribution in [0.5, 0.6) is 0 Å². The number of nitrogens with zero attached hydrogens (tertiary/aromatic N) is 1. The lowest BCUT2D eigenvalue weighted by Gasteiger charge is -2.24. The van der Waals surface area contributed by atoms with Crippen LogP contribution in [0.4, 0.5) is 0 Å². The van der Waals surface area contributed by atoms with Gasteiger partial charge in [0.1, 0.15) is 0 Å². The van der Waals surface area contributed by atoms with Gasteiger partial charge in [0.05, 0.1) is 0 Å². The van der Waals surface area contributed by atoms with Crippen molar-refractivity contribution in [3.8, 4) is 0 Å². The van der Waals surface area contributed by atoms with Crippen molar-refractivity contribution >= 4 is 5.91 Å². The van der Waals surface area contributed by atoms with Crippen LogP contribution >= 0.6 is 0 Å². The average molecular weight is 256 g/mol. The molecule has 3 heteroatoms. The molecule has 1 unspecified atom stereocenters. The van der Waals surface area contributed by atoms with Crippen molar-refractivity contribution in [3.05, 3.63) is 47.0 Å². The highest BCUT2D eigenvalue weighted by Gasteiger charge is 2.29. The second kappa shape index (κ2) is 5.17. The Balaban J connectivity index is 1.67. The van der Waals surface area contributed by atoms with E-state index in [2.05, 4.69) is 29.6 Å². The fourth-order valence-electron chi connectivity index (χ4n) is 2.85. The summed E-state index contributed by atoms with van der Waals surface area (Å²) in [6, 6.07) is 10.5. The standard InChI is InChI=1S/C16H20N2O/c1-12(15-9-17-10-15)16(19)18-8-7-14(11-18)13-5-3-2-4-6-13/h2-6,14,17H,7-11H2,1H3. The summed E-state index contributed by atoms with van der Waals surface area (Å²) >= 11 is 0. The van der Waals surface area contributed by atoms with Crippen LogP contribution in [0.2, 0.25) is 0 Å². The summed E-state index contributed by atoms with van der Waals surface area (Å²) in [5.74, 6) is 0.734. The number of likely N-dealkylation sites (tertiary alicyclic amines) is 1. The molecule has 2 aliphatic rings. The second-order valence-electron chi connectivity index (χ2n) is 5.48. The van der Waals surface area contributed by atoms with Gasteiger partial charge in [-0.2, -0.15) is 0 Å². The first kappa shape index (κ1) is 12.4. The van der Waals surface area contributed by atoms with Crippen LogP contribution in [-0.2, 0) is 4.79 Å². The van der Waals surface area contributed by atoms with Gasteiger partial charge in [-0.05, 0) is 24.5 Å². The molecule has 0 spiro atoms. The summed E-state index contributed by atoms with van der Waals surface area (Å²) in [5, 5.41) is 3.19.